The maximum atomic E-state index is 11.2. The van der Waals surface area contributed by atoms with Crippen molar-refractivity contribution in [1.29, 1.82) is 0 Å². The molecule has 0 N–H and O–H groups in total. The van der Waals surface area contributed by atoms with Gasteiger partial charge in [0.05, 0.1) is 14.2 Å². The van der Waals surface area contributed by atoms with Crippen LogP contribution >= 0.6 is 0 Å². The summed E-state index contributed by atoms with van der Waals surface area (Å²) in [6.07, 6.45) is 0. The van der Waals surface area contributed by atoms with Crippen LogP contribution in [0.4, 0.5) is 0 Å². The van der Waals surface area contributed by atoms with Gasteiger partial charge in [-0.2, -0.15) is 0 Å². The number of carbonyl (C=O) groups excluding carboxylic acids is 1. The predicted octanol–water partition coefficient (Wildman–Crippen LogP) is 2.82. The summed E-state index contributed by atoms with van der Waals surface area (Å²) in [6.45, 7) is 5.93. The molecule has 1 aromatic carbocycles. The number of aryl methyl sites for hydroxylation is 1. The molecule has 0 fully saturated rings. The van der Waals surface area contributed by atoms with Gasteiger partial charge in [0.1, 0.15) is 11.3 Å². The molecular formula is C12H18O3. The van der Waals surface area contributed by atoms with Crippen LogP contribution in [0, 0.1) is 6.92 Å². The molecule has 0 bridgehead atoms. The fourth-order valence-corrected chi connectivity index (χ4v) is 1.08. The molecule has 0 unspecified atom stereocenters. The largest absolute Gasteiger partial charge is 0.496 e. The number of carbonyl (C=O) groups is 1. The molecule has 0 aliphatic carbocycles. The third-order valence-electron chi connectivity index (χ3n) is 1.76. The predicted molar refractivity (Wildman–Crippen MR) is 60.4 cm³/mol. The highest BCUT2D eigenvalue weighted by molar-refractivity contribution is 5.92. The zero-order valence-corrected chi connectivity index (χ0v) is 9.96. The SMILES string of the molecule is CC.COC(=O)c1ccc(C)cc1OC. The standard InChI is InChI=1S/C10H12O3.C2H6/c1-7-4-5-8(10(11)13-3)9(6-7)12-2;1-2/h4-6H,1-3H3;1-2H3. The molecule has 0 aliphatic rings. The van der Waals surface area contributed by atoms with Crippen molar-refractivity contribution in [2.24, 2.45) is 0 Å². The van der Waals surface area contributed by atoms with E-state index in [1.165, 1.54) is 14.2 Å². The molecule has 0 heterocycles. The Balaban J connectivity index is 0.000000921. The summed E-state index contributed by atoms with van der Waals surface area (Å²) in [5.74, 6) is 0.170. The Bertz CT molecular complexity index is 319. The third-order valence-corrected chi connectivity index (χ3v) is 1.76. The zero-order chi connectivity index (χ0) is 11.8. The second-order valence-electron chi connectivity index (χ2n) is 2.70. The molecule has 0 amide bonds. The Kier molecular flexibility index (Phi) is 6.18. The first-order valence-electron chi connectivity index (χ1n) is 4.92. The molecule has 15 heavy (non-hydrogen) atoms. The lowest BCUT2D eigenvalue weighted by molar-refractivity contribution is 0.0597. The van der Waals surface area contributed by atoms with Crippen LogP contribution < -0.4 is 4.74 Å². The minimum absolute atomic E-state index is 0.378. The van der Waals surface area contributed by atoms with Gasteiger partial charge in [0.15, 0.2) is 0 Å². The molecule has 1 aromatic rings. The summed E-state index contributed by atoms with van der Waals surface area (Å²) >= 11 is 0. The van der Waals surface area contributed by atoms with Crippen molar-refractivity contribution in [2.45, 2.75) is 20.8 Å². The van der Waals surface area contributed by atoms with Gasteiger partial charge >= 0.3 is 5.97 Å². The van der Waals surface area contributed by atoms with Crippen molar-refractivity contribution in [3.8, 4) is 5.75 Å². The lowest BCUT2D eigenvalue weighted by Gasteiger charge is -2.06. The molecule has 84 valence electrons. The van der Waals surface area contributed by atoms with Crippen LogP contribution in [0.2, 0.25) is 0 Å². The lowest BCUT2D eigenvalue weighted by Crippen LogP contribution is -2.03. The minimum Gasteiger partial charge on any atom is -0.496 e. The van der Waals surface area contributed by atoms with Gasteiger partial charge in [0.2, 0.25) is 0 Å². The summed E-state index contributed by atoms with van der Waals surface area (Å²) in [5.41, 5.74) is 1.50. The third kappa shape index (κ3) is 3.62. The summed E-state index contributed by atoms with van der Waals surface area (Å²) in [5, 5.41) is 0. The van der Waals surface area contributed by atoms with E-state index in [4.69, 9.17) is 4.74 Å². The molecule has 0 radical (unpaired) electrons. The molecule has 0 aromatic heterocycles. The molecular weight excluding hydrogens is 192 g/mol. The van der Waals surface area contributed by atoms with Crippen LogP contribution in [0.5, 0.6) is 5.75 Å². The molecule has 3 nitrogen and oxygen atoms in total. The Hall–Kier alpha value is -1.51. The molecule has 0 spiro atoms. The molecule has 0 aliphatic heterocycles. The van der Waals surface area contributed by atoms with E-state index in [-0.39, 0.29) is 5.97 Å². The van der Waals surface area contributed by atoms with E-state index in [0.717, 1.165) is 5.56 Å². The van der Waals surface area contributed by atoms with E-state index in [0.29, 0.717) is 11.3 Å². The molecule has 0 saturated carbocycles. The van der Waals surface area contributed by atoms with Gasteiger partial charge in [-0.15, -0.1) is 0 Å². The van der Waals surface area contributed by atoms with Crippen LogP contribution in [0.1, 0.15) is 29.8 Å². The van der Waals surface area contributed by atoms with Crippen molar-refractivity contribution >= 4 is 5.97 Å². The van der Waals surface area contributed by atoms with Crippen molar-refractivity contribution < 1.29 is 14.3 Å². The molecule has 1 rings (SSSR count). The van der Waals surface area contributed by atoms with E-state index < -0.39 is 0 Å². The maximum absolute atomic E-state index is 11.2. The van der Waals surface area contributed by atoms with Gasteiger partial charge in [-0.1, -0.05) is 19.9 Å². The lowest BCUT2D eigenvalue weighted by atomic mass is 10.1. The maximum Gasteiger partial charge on any atom is 0.341 e. The smallest absolute Gasteiger partial charge is 0.341 e. The van der Waals surface area contributed by atoms with Gasteiger partial charge in [-0.25, -0.2) is 4.79 Å². The number of benzene rings is 1. The Morgan fingerprint density at radius 1 is 1.20 bits per heavy atom. The molecule has 0 atom stereocenters. The van der Waals surface area contributed by atoms with Crippen molar-refractivity contribution in [2.75, 3.05) is 14.2 Å². The monoisotopic (exact) mass is 210 g/mol. The van der Waals surface area contributed by atoms with Crippen molar-refractivity contribution in [3.05, 3.63) is 29.3 Å². The van der Waals surface area contributed by atoms with Crippen molar-refractivity contribution in [3.63, 3.8) is 0 Å². The van der Waals surface area contributed by atoms with Crippen molar-refractivity contribution in [1.82, 2.24) is 0 Å². The minimum atomic E-state index is -0.378. The van der Waals surface area contributed by atoms with Crippen LogP contribution in [0.25, 0.3) is 0 Å². The zero-order valence-electron chi connectivity index (χ0n) is 9.96. The molecule has 0 saturated heterocycles. The number of methoxy groups -OCH3 is 2. The summed E-state index contributed by atoms with van der Waals surface area (Å²) in [6, 6.07) is 5.33. The number of esters is 1. The van der Waals surface area contributed by atoms with Crippen LogP contribution in [0.3, 0.4) is 0 Å². The van der Waals surface area contributed by atoms with Crippen LogP contribution in [0.15, 0.2) is 18.2 Å². The van der Waals surface area contributed by atoms with E-state index in [2.05, 4.69) is 4.74 Å². The van der Waals surface area contributed by atoms with Gasteiger partial charge in [0.25, 0.3) is 0 Å². The fraction of sp³-hybridized carbons (Fsp3) is 0.417. The highest BCUT2D eigenvalue weighted by atomic mass is 16.5. The van der Waals surface area contributed by atoms with Gasteiger partial charge in [-0.05, 0) is 24.6 Å². The second kappa shape index (κ2) is 6.87. The Morgan fingerprint density at radius 3 is 2.27 bits per heavy atom. The van der Waals surface area contributed by atoms with Gasteiger partial charge < -0.3 is 9.47 Å². The fourth-order valence-electron chi connectivity index (χ4n) is 1.08. The summed E-state index contributed by atoms with van der Waals surface area (Å²) in [7, 11) is 2.88. The van der Waals surface area contributed by atoms with Gasteiger partial charge in [-0.3, -0.25) is 0 Å². The van der Waals surface area contributed by atoms with E-state index in [1.54, 1.807) is 12.1 Å². The van der Waals surface area contributed by atoms with E-state index >= 15 is 0 Å². The summed E-state index contributed by atoms with van der Waals surface area (Å²) < 4.78 is 9.65. The topological polar surface area (TPSA) is 35.5 Å². The number of hydrogen-bond donors (Lipinski definition) is 0. The first-order chi connectivity index (χ1) is 7.19. The number of hydrogen-bond acceptors (Lipinski definition) is 3. The van der Waals surface area contributed by atoms with E-state index in [9.17, 15) is 4.79 Å². The average molecular weight is 210 g/mol. The highest BCUT2D eigenvalue weighted by Gasteiger charge is 2.11. The van der Waals surface area contributed by atoms with Crippen LogP contribution in [-0.4, -0.2) is 20.2 Å². The number of ether oxygens (including phenoxy) is 2. The first-order valence-corrected chi connectivity index (χ1v) is 4.92. The first kappa shape index (κ1) is 13.5. The van der Waals surface area contributed by atoms with Gasteiger partial charge in [0, 0.05) is 0 Å². The second-order valence-corrected chi connectivity index (χ2v) is 2.70. The number of rotatable bonds is 2. The average Bonchev–Trinajstić information content (AvgIpc) is 2.30. The highest BCUT2D eigenvalue weighted by Crippen LogP contribution is 2.20. The molecule has 3 heteroatoms. The normalized spacial score (nSPS) is 8.60. The Labute approximate surface area is 91.0 Å². The Morgan fingerprint density at radius 2 is 1.80 bits per heavy atom. The van der Waals surface area contributed by atoms with E-state index in [1.807, 2.05) is 26.8 Å². The summed E-state index contributed by atoms with van der Waals surface area (Å²) in [4.78, 5) is 11.2. The van der Waals surface area contributed by atoms with Crippen LogP contribution in [-0.2, 0) is 4.74 Å². The quantitative estimate of drug-likeness (QED) is 0.704.